The van der Waals surface area contributed by atoms with Crippen LogP contribution in [0.5, 0.6) is 5.75 Å². The van der Waals surface area contributed by atoms with Crippen molar-refractivity contribution in [1.29, 1.82) is 0 Å². The maximum absolute atomic E-state index is 13.4. The topological polar surface area (TPSA) is 45.9 Å². The highest BCUT2D eigenvalue weighted by atomic mass is 16.5. The van der Waals surface area contributed by atoms with E-state index in [0.717, 1.165) is 43.0 Å². The number of furan rings is 1. The molecule has 4 rings (SSSR count). The molecular formula is C25H28N2O3. The first-order chi connectivity index (χ1) is 14.7. The van der Waals surface area contributed by atoms with E-state index in [4.69, 9.17) is 9.15 Å². The summed E-state index contributed by atoms with van der Waals surface area (Å²) in [6, 6.07) is 21.5. The van der Waals surface area contributed by atoms with Gasteiger partial charge in [0.05, 0.1) is 12.8 Å². The molecule has 0 radical (unpaired) electrons. The fraction of sp³-hybridized carbons (Fsp3) is 0.320. The Morgan fingerprint density at radius 3 is 2.43 bits per heavy atom. The van der Waals surface area contributed by atoms with Crippen LogP contribution in [-0.2, 0) is 13.2 Å². The number of likely N-dealkylation sites (tertiary alicyclic amines) is 1. The third-order valence-corrected chi connectivity index (χ3v) is 5.65. The van der Waals surface area contributed by atoms with Crippen LogP contribution in [0.25, 0.3) is 0 Å². The molecule has 156 valence electrons. The number of rotatable bonds is 7. The molecule has 5 nitrogen and oxygen atoms in total. The van der Waals surface area contributed by atoms with Gasteiger partial charge in [0.1, 0.15) is 18.1 Å². The molecular weight excluding hydrogens is 376 g/mol. The van der Waals surface area contributed by atoms with Crippen molar-refractivity contribution in [3.05, 3.63) is 89.9 Å². The minimum atomic E-state index is 0.0376. The van der Waals surface area contributed by atoms with Crippen molar-refractivity contribution in [2.75, 3.05) is 20.1 Å². The summed E-state index contributed by atoms with van der Waals surface area (Å²) in [7, 11) is 2.13. The highest BCUT2D eigenvalue weighted by Crippen LogP contribution is 2.23. The van der Waals surface area contributed by atoms with E-state index in [9.17, 15) is 4.79 Å². The smallest absolute Gasteiger partial charge is 0.254 e. The van der Waals surface area contributed by atoms with Crippen molar-refractivity contribution in [2.24, 2.45) is 0 Å². The summed E-state index contributed by atoms with van der Waals surface area (Å²) in [6.07, 6.45) is 3.61. The second-order valence-electron chi connectivity index (χ2n) is 7.85. The van der Waals surface area contributed by atoms with Crippen LogP contribution in [-0.4, -0.2) is 41.9 Å². The second kappa shape index (κ2) is 9.63. The van der Waals surface area contributed by atoms with Crippen LogP contribution in [0, 0.1) is 0 Å². The Balaban J connectivity index is 1.45. The van der Waals surface area contributed by atoms with Gasteiger partial charge in [-0.3, -0.25) is 4.79 Å². The van der Waals surface area contributed by atoms with Gasteiger partial charge in [-0.15, -0.1) is 0 Å². The molecule has 0 aliphatic carbocycles. The quantitative estimate of drug-likeness (QED) is 0.578. The van der Waals surface area contributed by atoms with E-state index in [2.05, 4.69) is 11.9 Å². The van der Waals surface area contributed by atoms with Crippen molar-refractivity contribution in [3.63, 3.8) is 0 Å². The normalized spacial score (nSPS) is 15.1. The maximum atomic E-state index is 13.4. The number of hydrogen-bond donors (Lipinski definition) is 0. The number of amides is 1. The van der Waals surface area contributed by atoms with Crippen LogP contribution in [0.3, 0.4) is 0 Å². The molecule has 3 aromatic rings. The molecule has 1 aliphatic heterocycles. The third kappa shape index (κ3) is 5.10. The van der Waals surface area contributed by atoms with E-state index in [1.54, 1.807) is 6.26 Å². The molecule has 1 aliphatic rings. The van der Waals surface area contributed by atoms with Gasteiger partial charge in [0.25, 0.3) is 5.91 Å². The van der Waals surface area contributed by atoms with Gasteiger partial charge >= 0.3 is 0 Å². The predicted molar refractivity (Wildman–Crippen MR) is 116 cm³/mol. The lowest BCUT2D eigenvalue weighted by molar-refractivity contribution is 0.0550. The van der Waals surface area contributed by atoms with Gasteiger partial charge in [-0.1, -0.05) is 30.3 Å². The van der Waals surface area contributed by atoms with E-state index >= 15 is 0 Å². The first-order valence-corrected chi connectivity index (χ1v) is 10.5. The van der Waals surface area contributed by atoms with Gasteiger partial charge in [0.15, 0.2) is 0 Å². The van der Waals surface area contributed by atoms with Crippen molar-refractivity contribution in [3.8, 4) is 5.75 Å². The second-order valence-corrected chi connectivity index (χ2v) is 7.85. The first-order valence-electron chi connectivity index (χ1n) is 10.5. The molecule has 0 unspecified atom stereocenters. The number of piperidine rings is 1. The van der Waals surface area contributed by atoms with Crippen LogP contribution in [0.4, 0.5) is 0 Å². The number of hydrogen-bond acceptors (Lipinski definition) is 4. The summed E-state index contributed by atoms with van der Waals surface area (Å²) in [5.74, 6) is 1.60. The lowest BCUT2D eigenvalue weighted by Gasteiger charge is -2.37. The minimum absolute atomic E-state index is 0.0376. The molecule has 2 heterocycles. The van der Waals surface area contributed by atoms with Gasteiger partial charge in [-0.2, -0.15) is 0 Å². The molecule has 0 spiro atoms. The lowest BCUT2D eigenvalue weighted by Crippen LogP contribution is -2.46. The van der Waals surface area contributed by atoms with Crippen molar-refractivity contribution < 1.29 is 13.9 Å². The highest BCUT2D eigenvalue weighted by Gasteiger charge is 2.28. The summed E-state index contributed by atoms with van der Waals surface area (Å²) in [6.45, 7) is 3.00. The zero-order chi connectivity index (χ0) is 20.8. The van der Waals surface area contributed by atoms with E-state index in [0.29, 0.717) is 18.7 Å². The fourth-order valence-electron chi connectivity index (χ4n) is 3.84. The summed E-state index contributed by atoms with van der Waals surface area (Å²) in [5, 5.41) is 0. The first kappa shape index (κ1) is 20.2. The van der Waals surface area contributed by atoms with Crippen LogP contribution < -0.4 is 4.74 Å². The van der Waals surface area contributed by atoms with E-state index < -0.39 is 0 Å². The highest BCUT2D eigenvalue weighted by molar-refractivity contribution is 5.94. The molecule has 2 aromatic carbocycles. The van der Waals surface area contributed by atoms with Crippen molar-refractivity contribution in [1.82, 2.24) is 9.80 Å². The van der Waals surface area contributed by atoms with Crippen molar-refractivity contribution in [2.45, 2.75) is 32.0 Å². The number of carbonyl (C=O) groups excluding carboxylic acids is 1. The molecule has 0 saturated carbocycles. The Morgan fingerprint density at radius 1 is 1.03 bits per heavy atom. The Bertz CT molecular complexity index is 915. The van der Waals surface area contributed by atoms with E-state index in [-0.39, 0.29) is 11.9 Å². The summed E-state index contributed by atoms with van der Waals surface area (Å²) < 4.78 is 11.4. The number of nitrogens with zero attached hydrogens (tertiary/aromatic N) is 2. The van der Waals surface area contributed by atoms with Crippen LogP contribution in [0.1, 0.15) is 34.5 Å². The molecule has 1 fully saturated rings. The van der Waals surface area contributed by atoms with E-state index in [1.165, 1.54) is 0 Å². The van der Waals surface area contributed by atoms with Crippen LogP contribution in [0.15, 0.2) is 77.4 Å². The molecule has 0 bridgehead atoms. The fourth-order valence-corrected chi connectivity index (χ4v) is 3.84. The maximum Gasteiger partial charge on any atom is 0.254 e. The van der Waals surface area contributed by atoms with Gasteiger partial charge < -0.3 is 19.0 Å². The lowest BCUT2D eigenvalue weighted by atomic mass is 10.0. The summed E-state index contributed by atoms with van der Waals surface area (Å²) in [4.78, 5) is 17.6. The Hall–Kier alpha value is -3.05. The van der Waals surface area contributed by atoms with Gasteiger partial charge in [-0.05, 0) is 74.9 Å². The molecule has 1 aromatic heterocycles. The average molecular weight is 405 g/mol. The number of carbonyl (C=O) groups is 1. The van der Waals surface area contributed by atoms with Gasteiger partial charge in [0, 0.05) is 11.6 Å². The zero-order valence-corrected chi connectivity index (χ0v) is 17.4. The monoisotopic (exact) mass is 404 g/mol. The Kier molecular flexibility index (Phi) is 6.50. The predicted octanol–water partition coefficient (Wildman–Crippen LogP) is 4.60. The van der Waals surface area contributed by atoms with Gasteiger partial charge in [-0.25, -0.2) is 0 Å². The Labute approximate surface area is 177 Å². The zero-order valence-electron chi connectivity index (χ0n) is 17.4. The Morgan fingerprint density at radius 2 is 1.77 bits per heavy atom. The summed E-state index contributed by atoms with van der Waals surface area (Å²) >= 11 is 0. The molecule has 1 amide bonds. The number of benzene rings is 2. The van der Waals surface area contributed by atoms with Crippen LogP contribution >= 0.6 is 0 Å². The number of ether oxygens (including phenoxy) is 1. The minimum Gasteiger partial charge on any atom is -0.489 e. The SMILES string of the molecule is CN1CCC(N(Cc2ccco2)C(=O)c2ccc(OCc3ccccc3)cc2)CC1. The largest absolute Gasteiger partial charge is 0.489 e. The van der Waals surface area contributed by atoms with Gasteiger partial charge in [0.2, 0.25) is 0 Å². The molecule has 1 saturated heterocycles. The molecule has 0 atom stereocenters. The molecule has 5 heteroatoms. The molecule has 30 heavy (non-hydrogen) atoms. The average Bonchev–Trinajstić information content (AvgIpc) is 3.31. The van der Waals surface area contributed by atoms with Crippen molar-refractivity contribution >= 4 is 5.91 Å². The van der Waals surface area contributed by atoms with Crippen LogP contribution in [0.2, 0.25) is 0 Å². The summed E-state index contributed by atoms with van der Waals surface area (Å²) in [5.41, 5.74) is 1.79. The molecule has 0 N–H and O–H groups in total. The standard InChI is InChI=1S/C25H28N2O3/c1-26-15-13-22(14-16-26)27(18-24-8-5-17-29-24)25(28)21-9-11-23(12-10-21)30-19-20-6-3-2-4-7-20/h2-12,17,22H,13-16,18-19H2,1H3. The third-order valence-electron chi connectivity index (χ3n) is 5.65. The van der Waals surface area contributed by atoms with E-state index in [1.807, 2.05) is 71.6 Å².